The molecule has 1 amide bonds. The maximum atomic E-state index is 13.3. The number of Topliss-reactive ketones (excluding diaryl/α,β-unsaturated/α-hetero) is 1. The predicted octanol–water partition coefficient (Wildman–Crippen LogP) is 4.59. The number of rotatable bonds is 9. The molecule has 0 radical (unpaired) electrons. The Balaban J connectivity index is 1.59. The maximum Gasteiger partial charge on any atom is 0.311 e. The van der Waals surface area contributed by atoms with Gasteiger partial charge in [0.1, 0.15) is 12.4 Å². The number of benzene rings is 3. The van der Waals surface area contributed by atoms with Gasteiger partial charge in [-0.1, -0.05) is 45.0 Å². The van der Waals surface area contributed by atoms with Gasteiger partial charge in [0.05, 0.1) is 30.8 Å². The number of nitro benzene ring substituents is 1. The van der Waals surface area contributed by atoms with Crippen LogP contribution in [0.2, 0.25) is 0 Å². The number of ketones is 1. The number of methoxy groups -OCH3 is 1. The Morgan fingerprint density at radius 2 is 1.77 bits per heavy atom. The summed E-state index contributed by atoms with van der Waals surface area (Å²) in [5, 5.41) is 15.9. The van der Waals surface area contributed by atoms with E-state index in [0.717, 1.165) is 38.2 Å². The van der Waals surface area contributed by atoms with Crippen molar-refractivity contribution in [3.8, 4) is 11.5 Å². The zero-order chi connectivity index (χ0) is 28.2. The minimum absolute atomic E-state index is 0.165. The van der Waals surface area contributed by atoms with E-state index in [1.54, 1.807) is 12.1 Å². The first-order chi connectivity index (χ1) is 18.6. The molecule has 1 saturated heterocycles. The lowest BCUT2D eigenvalue weighted by Crippen LogP contribution is -2.38. The van der Waals surface area contributed by atoms with Crippen LogP contribution in [0.1, 0.15) is 36.7 Å². The highest BCUT2D eigenvalue weighted by atomic mass is 16.6. The first-order valence-corrected chi connectivity index (χ1v) is 12.8. The molecule has 10 nitrogen and oxygen atoms in total. The summed E-state index contributed by atoms with van der Waals surface area (Å²) in [6.45, 7) is 10.0. The molecule has 206 valence electrons. The average molecular weight is 536 g/mol. The van der Waals surface area contributed by atoms with E-state index in [9.17, 15) is 19.7 Å². The van der Waals surface area contributed by atoms with Gasteiger partial charge in [0, 0.05) is 42.2 Å². The van der Waals surface area contributed by atoms with Crippen LogP contribution >= 0.6 is 0 Å². The number of nitro groups is 1. The molecular formula is C29H33N3O7. The van der Waals surface area contributed by atoms with Crippen LogP contribution in [-0.2, 0) is 14.9 Å². The van der Waals surface area contributed by atoms with E-state index in [1.165, 1.54) is 19.2 Å². The quantitative estimate of drug-likeness (QED) is 0.183. The second kappa shape index (κ2) is 11.8. The van der Waals surface area contributed by atoms with Gasteiger partial charge in [-0.2, -0.15) is 0 Å². The Hall–Kier alpha value is -4.02. The SMILES string of the molecule is COc1c(C(=O)C(=O)Nc2ccc(OCCN3CCOCC3)c3ccccc23)cc(C(C)(C)C)cc1[N+](=O)[O-]. The molecule has 0 atom stereocenters. The van der Waals surface area contributed by atoms with Gasteiger partial charge in [-0.25, -0.2) is 0 Å². The molecule has 1 aliphatic heterocycles. The monoisotopic (exact) mass is 535 g/mol. The molecule has 4 rings (SSSR count). The predicted molar refractivity (Wildman–Crippen MR) is 148 cm³/mol. The van der Waals surface area contributed by atoms with Crippen LogP contribution < -0.4 is 14.8 Å². The van der Waals surface area contributed by atoms with Gasteiger partial charge in [0.25, 0.3) is 11.7 Å². The Morgan fingerprint density at radius 1 is 1.08 bits per heavy atom. The van der Waals surface area contributed by atoms with Crippen LogP contribution in [0.3, 0.4) is 0 Å². The van der Waals surface area contributed by atoms with Crippen molar-refractivity contribution in [2.75, 3.05) is 51.9 Å². The van der Waals surface area contributed by atoms with E-state index >= 15 is 0 Å². The van der Waals surface area contributed by atoms with Crippen LogP contribution in [0.4, 0.5) is 11.4 Å². The van der Waals surface area contributed by atoms with Crippen LogP contribution in [-0.4, -0.2) is 68.1 Å². The summed E-state index contributed by atoms with van der Waals surface area (Å²) in [5.74, 6) is -1.45. The molecule has 3 aromatic carbocycles. The van der Waals surface area contributed by atoms with E-state index in [1.807, 2.05) is 45.0 Å². The van der Waals surface area contributed by atoms with E-state index in [4.69, 9.17) is 14.2 Å². The van der Waals surface area contributed by atoms with Gasteiger partial charge in [0.15, 0.2) is 0 Å². The van der Waals surface area contributed by atoms with Crippen molar-refractivity contribution < 1.29 is 28.7 Å². The van der Waals surface area contributed by atoms with Crippen LogP contribution in [0.15, 0.2) is 48.5 Å². The third-order valence-corrected chi connectivity index (χ3v) is 6.69. The third-order valence-electron chi connectivity index (χ3n) is 6.69. The molecule has 0 aliphatic carbocycles. The molecule has 1 fully saturated rings. The first-order valence-electron chi connectivity index (χ1n) is 12.8. The molecule has 1 N–H and O–H groups in total. The summed E-state index contributed by atoms with van der Waals surface area (Å²) >= 11 is 0. The average Bonchev–Trinajstić information content (AvgIpc) is 2.92. The van der Waals surface area contributed by atoms with Gasteiger partial charge in [-0.05, 0) is 29.2 Å². The summed E-state index contributed by atoms with van der Waals surface area (Å²) in [6.07, 6.45) is 0. The zero-order valence-electron chi connectivity index (χ0n) is 22.6. The van der Waals surface area contributed by atoms with Gasteiger partial charge in [-0.15, -0.1) is 0 Å². The third kappa shape index (κ3) is 6.35. The highest BCUT2D eigenvalue weighted by Crippen LogP contribution is 2.37. The summed E-state index contributed by atoms with van der Waals surface area (Å²) < 4.78 is 16.7. The van der Waals surface area contributed by atoms with Crippen molar-refractivity contribution in [2.45, 2.75) is 26.2 Å². The molecule has 1 aliphatic rings. The maximum absolute atomic E-state index is 13.3. The van der Waals surface area contributed by atoms with Crippen molar-refractivity contribution >= 4 is 33.8 Å². The largest absolute Gasteiger partial charge is 0.492 e. The number of nitrogens with one attached hydrogen (secondary N) is 1. The van der Waals surface area contributed by atoms with E-state index in [2.05, 4.69) is 10.2 Å². The topological polar surface area (TPSA) is 120 Å². The van der Waals surface area contributed by atoms with E-state index in [-0.39, 0.29) is 17.0 Å². The fourth-order valence-electron chi connectivity index (χ4n) is 4.48. The number of hydrogen-bond acceptors (Lipinski definition) is 8. The zero-order valence-corrected chi connectivity index (χ0v) is 22.6. The molecular weight excluding hydrogens is 502 g/mol. The van der Waals surface area contributed by atoms with E-state index < -0.39 is 22.0 Å². The highest BCUT2D eigenvalue weighted by Gasteiger charge is 2.31. The van der Waals surface area contributed by atoms with Crippen LogP contribution in [0.25, 0.3) is 10.8 Å². The standard InChI is InChI=1S/C29H33N3O7/c1-29(2,3)19-17-22(27(37-4)24(18-19)32(35)36)26(33)28(34)30-23-9-10-25(21-8-6-5-7-20(21)23)39-16-13-31-11-14-38-15-12-31/h5-10,17-18H,11-16H2,1-4H3,(H,30,34). The number of hydrogen-bond donors (Lipinski definition) is 1. The van der Waals surface area contributed by atoms with Crippen molar-refractivity contribution in [3.63, 3.8) is 0 Å². The number of ether oxygens (including phenoxy) is 3. The highest BCUT2D eigenvalue weighted by molar-refractivity contribution is 6.47. The number of anilines is 1. The minimum atomic E-state index is -0.934. The molecule has 1 heterocycles. The molecule has 3 aromatic rings. The van der Waals surface area contributed by atoms with Crippen molar-refractivity contribution in [1.82, 2.24) is 4.90 Å². The smallest absolute Gasteiger partial charge is 0.311 e. The van der Waals surface area contributed by atoms with E-state index in [0.29, 0.717) is 29.0 Å². The molecule has 0 unspecified atom stereocenters. The lowest BCUT2D eigenvalue weighted by atomic mass is 9.85. The lowest BCUT2D eigenvalue weighted by molar-refractivity contribution is -0.385. The van der Waals surface area contributed by atoms with Gasteiger partial charge < -0.3 is 19.5 Å². The van der Waals surface area contributed by atoms with Gasteiger partial charge in [0.2, 0.25) is 5.75 Å². The van der Waals surface area contributed by atoms with Crippen molar-refractivity contribution in [2.24, 2.45) is 0 Å². The summed E-state index contributed by atoms with van der Waals surface area (Å²) in [4.78, 5) is 39.9. The summed E-state index contributed by atoms with van der Waals surface area (Å²) in [5.41, 5.74) is -0.0807. The lowest BCUT2D eigenvalue weighted by Gasteiger charge is -2.26. The fraction of sp³-hybridized carbons (Fsp3) is 0.379. The van der Waals surface area contributed by atoms with Gasteiger partial charge >= 0.3 is 5.69 Å². The fourth-order valence-corrected chi connectivity index (χ4v) is 4.48. The minimum Gasteiger partial charge on any atom is -0.492 e. The number of carbonyl (C=O) groups is 2. The summed E-state index contributed by atoms with van der Waals surface area (Å²) in [6, 6.07) is 13.7. The second-order valence-corrected chi connectivity index (χ2v) is 10.3. The molecule has 0 bridgehead atoms. The molecule has 39 heavy (non-hydrogen) atoms. The number of morpholine rings is 1. The van der Waals surface area contributed by atoms with Crippen LogP contribution in [0.5, 0.6) is 11.5 Å². The normalized spacial score (nSPS) is 14.2. The molecule has 0 spiro atoms. The first kappa shape index (κ1) is 28.0. The Bertz CT molecular complexity index is 1390. The molecule has 0 saturated carbocycles. The van der Waals surface area contributed by atoms with Gasteiger partial charge in [-0.3, -0.25) is 24.6 Å². The van der Waals surface area contributed by atoms with Crippen molar-refractivity contribution in [1.29, 1.82) is 0 Å². The second-order valence-electron chi connectivity index (χ2n) is 10.3. The molecule has 10 heteroatoms. The number of carbonyl (C=O) groups excluding carboxylic acids is 2. The molecule has 0 aromatic heterocycles. The Labute approximate surface area is 227 Å². The Morgan fingerprint density at radius 3 is 2.41 bits per heavy atom. The Kier molecular flexibility index (Phi) is 8.47. The number of fused-ring (bicyclic) bond motifs is 1. The van der Waals surface area contributed by atoms with Crippen LogP contribution in [0, 0.1) is 10.1 Å². The summed E-state index contributed by atoms with van der Waals surface area (Å²) in [7, 11) is 1.24. The van der Waals surface area contributed by atoms with Crippen molar-refractivity contribution in [3.05, 3.63) is 69.8 Å². The number of amides is 1. The number of nitrogens with zero attached hydrogens (tertiary/aromatic N) is 2.